The lowest BCUT2D eigenvalue weighted by molar-refractivity contribution is -0.485. The van der Waals surface area contributed by atoms with E-state index >= 15 is 4.39 Å². The second-order valence-electron chi connectivity index (χ2n) is 5.05. The van der Waals surface area contributed by atoms with E-state index in [0.29, 0.717) is 0 Å². The predicted octanol–water partition coefficient (Wildman–Crippen LogP) is 3.29. The van der Waals surface area contributed by atoms with Crippen LogP contribution >= 0.6 is 11.3 Å². The maximum absolute atomic E-state index is 15.6. The van der Waals surface area contributed by atoms with Crippen LogP contribution in [0.3, 0.4) is 0 Å². The largest absolute Gasteiger partial charge is 0.296 e. The van der Waals surface area contributed by atoms with Crippen LogP contribution in [0.5, 0.6) is 0 Å². The SMILES string of the molecule is CC(=O)[C@](F)(C(=O)c1cccs1)[C@@H](C[N+](=O)[O-])c1ccccc1. The molecule has 2 atom stereocenters. The van der Waals surface area contributed by atoms with Crippen LogP contribution in [0.1, 0.15) is 28.1 Å². The number of alkyl halides is 1. The Hall–Kier alpha value is -2.41. The fraction of sp³-hybridized carbons (Fsp3) is 0.250. The normalized spacial score (nSPS) is 14.7. The molecule has 0 amide bonds. The summed E-state index contributed by atoms with van der Waals surface area (Å²) in [6, 6.07) is 10.8. The molecule has 0 aliphatic rings. The number of carbonyl (C=O) groups excluding carboxylic acids is 2. The molecule has 0 saturated carbocycles. The lowest BCUT2D eigenvalue weighted by Crippen LogP contribution is -2.48. The van der Waals surface area contributed by atoms with E-state index in [1.54, 1.807) is 29.6 Å². The Morgan fingerprint density at radius 1 is 1.26 bits per heavy atom. The lowest BCUT2D eigenvalue weighted by atomic mass is 9.77. The van der Waals surface area contributed by atoms with Gasteiger partial charge in [-0.15, -0.1) is 11.3 Å². The maximum atomic E-state index is 15.6. The molecule has 0 unspecified atom stereocenters. The molecular formula is C16H14FNO4S. The molecule has 0 aliphatic heterocycles. The summed E-state index contributed by atoms with van der Waals surface area (Å²) >= 11 is 0.995. The molecule has 1 aromatic carbocycles. The molecule has 0 saturated heterocycles. The highest BCUT2D eigenvalue weighted by Crippen LogP contribution is 2.37. The first-order chi connectivity index (χ1) is 10.9. The van der Waals surface area contributed by atoms with E-state index in [9.17, 15) is 19.7 Å². The zero-order valence-corrected chi connectivity index (χ0v) is 13.1. The molecule has 0 fully saturated rings. The van der Waals surface area contributed by atoms with Gasteiger partial charge in [-0.1, -0.05) is 36.4 Å². The Labute approximate surface area is 135 Å². The van der Waals surface area contributed by atoms with Gasteiger partial charge in [0.25, 0.3) is 0 Å². The van der Waals surface area contributed by atoms with Gasteiger partial charge in [0.05, 0.1) is 10.8 Å². The first kappa shape index (κ1) is 17.0. The van der Waals surface area contributed by atoms with Crippen LogP contribution in [-0.2, 0) is 4.79 Å². The minimum atomic E-state index is -2.97. The number of thiophene rings is 1. The summed E-state index contributed by atoms with van der Waals surface area (Å²) < 4.78 is 15.6. The summed E-state index contributed by atoms with van der Waals surface area (Å²) in [7, 11) is 0. The quantitative estimate of drug-likeness (QED) is 0.337. The number of benzene rings is 1. The number of halogens is 1. The van der Waals surface area contributed by atoms with Crippen LogP contribution in [0, 0.1) is 10.1 Å². The number of hydrogen-bond acceptors (Lipinski definition) is 5. The highest BCUT2D eigenvalue weighted by Gasteiger charge is 2.54. The number of nitrogens with zero attached hydrogens (tertiary/aromatic N) is 1. The molecule has 5 nitrogen and oxygen atoms in total. The van der Waals surface area contributed by atoms with Gasteiger partial charge >= 0.3 is 0 Å². The van der Waals surface area contributed by atoms with Crippen LogP contribution in [0.2, 0.25) is 0 Å². The molecule has 2 rings (SSSR count). The summed E-state index contributed by atoms with van der Waals surface area (Å²) in [5, 5.41) is 12.6. The fourth-order valence-corrected chi connectivity index (χ4v) is 3.16. The molecule has 0 aliphatic carbocycles. The van der Waals surface area contributed by atoms with E-state index in [1.165, 1.54) is 18.2 Å². The zero-order valence-electron chi connectivity index (χ0n) is 12.3. The summed E-state index contributed by atoms with van der Waals surface area (Å²) in [5.41, 5.74) is -2.73. The van der Waals surface area contributed by atoms with Crippen molar-refractivity contribution in [2.75, 3.05) is 6.54 Å². The van der Waals surface area contributed by atoms with Gasteiger partial charge in [-0.2, -0.15) is 0 Å². The van der Waals surface area contributed by atoms with Crippen molar-refractivity contribution < 1.29 is 18.9 Å². The van der Waals surface area contributed by atoms with Gasteiger partial charge in [0, 0.05) is 4.92 Å². The van der Waals surface area contributed by atoms with Crippen molar-refractivity contribution in [1.29, 1.82) is 0 Å². The van der Waals surface area contributed by atoms with E-state index < -0.39 is 34.6 Å². The summed E-state index contributed by atoms with van der Waals surface area (Å²) in [4.78, 5) is 34.9. The van der Waals surface area contributed by atoms with Crippen LogP contribution in [0.4, 0.5) is 4.39 Å². The minimum Gasteiger partial charge on any atom is -0.296 e. The third-order valence-corrected chi connectivity index (χ3v) is 4.47. The molecule has 1 heterocycles. The molecule has 0 spiro atoms. The van der Waals surface area contributed by atoms with Gasteiger partial charge in [0.1, 0.15) is 0 Å². The Morgan fingerprint density at radius 3 is 2.39 bits per heavy atom. The van der Waals surface area contributed by atoms with Crippen molar-refractivity contribution in [3.05, 3.63) is 68.4 Å². The van der Waals surface area contributed by atoms with Crippen LogP contribution in [-0.4, -0.2) is 28.7 Å². The van der Waals surface area contributed by atoms with Gasteiger partial charge < -0.3 is 0 Å². The first-order valence-electron chi connectivity index (χ1n) is 6.82. The third-order valence-electron chi connectivity index (χ3n) is 3.60. The average molecular weight is 335 g/mol. The highest BCUT2D eigenvalue weighted by molar-refractivity contribution is 7.12. The Balaban J connectivity index is 2.56. The second-order valence-corrected chi connectivity index (χ2v) is 6.00. The lowest BCUT2D eigenvalue weighted by Gasteiger charge is -2.28. The number of nitro groups is 1. The smallest absolute Gasteiger partial charge is 0.244 e. The Morgan fingerprint density at radius 2 is 1.91 bits per heavy atom. The molecule has 0 radical (unpaired) electrons. The fourth-order valence-electron chi connectivity index (χ4n) is 2.45. The van der Waals surface area contributed by atoms with Gasteiger partial charge in [-0.3, -0.25) is 19.7 Å². The predicted molar refractivity (Wildman–Crippen MR) is 84.2 cm³/mol. The van der Waals surface area contributed by atoms with Crippen molar-refractivity contribution in [1.82, 2.24) is 0 Å². The molecule has 7 heteroatoms. The Kier molecular flexibility index (Phi) is 5.00. The van der Waals surface area contributed by atoms with Crippen molar-refractivity contribution >= 4 is 22.9 Å². The van der Waals surface area contributed by atoms with Crippen LogP contribution in [0.25, 0.3) is 0 Å². The zero-order chi connectivity index (χ0) is 17.0. The number of carbonyl (C=O) groups is 2. The molecular weight excluding hydrogens is 321 g/mol. The molecule has 23 heavy (non-hydrogen) atoms. The van der Waals surface area contributed by atoms with Gasteiger partial charge in [-0.05, 0) is 23.9 Å². The van der Waals surface area contributed by atoms with Crippen molar-refractivity contribution in [2.24, 2.45) is 0 Å². The molecule has 2 aromatic rings. The monoisotopic (exact) mass is 335 g/mol. The van der Waals surface area contributed by atoms with Gasteiger partial charge in [0.2, 0.25) is 18.0 Å². The standard InChI is InChI=1S/C16H14FNO4S/c1-11(19)16(17,15(20)14-8-5-9-23-14)13(10-18(21)22)12-6-3-2-4-7-12/h2-9,13H,10H2,1H3/t13-,16+/m0/s1. The summed E-state index contributed by atoms with van der Waals surface area (Å²) in [5.74, 6) is -3.55. The topological polar surface area (TPSA) is 77.3 Å². The third kappa shape index (κ3) is 3.34. The molecule has 120 valence electrons. The maximum Gasteiger partial charge on any atom is 0.244 e. The average Bonchev–Trinajstić information content (AvgIpc) is 3.06. The number of Topliss-reactive ketones (excluding diaryl/α,β-unsaturated/α-hetero) is 2. The second kappa shape index (κ2) is 6.78. The highest BCUT2D eigenvalue weighted by atomic mass is 32.1. The van der Waals surface area contributed by atoms with Crippen molar-refractivity contribution in [3.63, 3.8) is 0 Å². The number of hydrogen-bond donors (Lipinski definition) is 0. The summed E-state index contributed by atoms with van der Waals surface area (Å²) in [6.07, 6.45) is 0. The number of ketones is 2. The van der Waals surface area contributed by atoms with E-state index in [2.05, 4.69) is 0 Å². The van der Waals surface area contributed by atoms with E-state index in [-0.39, 0.29) is 10.4 Å². The Bertz CT molecular complexity index is 717. The summed E-state index contributed by atoms with van der Waals surface area (Å²) in [6.45, 7) is 0.0958. The molecule has 1 aromatic heterocycles. The first-order valence-corrected chi connectivity index (χ1v) is 7.70. The van der Waals surface area contributed by atoms with Crippen LogP contribution < -0.4 is 0 Å². The molecule has 0 N–H and O–H groups in total. The van der Waals surface area contributed by atoms with E-state index in [1.807, 2.05) is 0 Å². The van der Waals surface area contributed by atoms with E-state index in [0.717, 1.165) is 18.3 Å². The van der Waals surface area contributed by atoms with Gasteiger partial charge in [0.15, 0.2) is 5.78 Å². The van der Waals surface area contributed by atoms with Gasteiger partial charge in [-0.25, -0.2) is 4.39 Å². The van der Waals surface area contributed by atoms with Crippen molar-refractivity contribution in [2.45, 2.75) is 18.5 Å². The molecule has 0 bridgehead atoms. The van der Waals surface area contributed by atoms with Crippen molar-refractivity contribution in [3.8, 4) is 0 Å². The number of rotatable bonds is 7. The van der Waals surface area contributed by atoms with E-state index in [4.69, 9.17) is 0 Å². The minimum absolute atomic E-state index is 0.0620. The van der Waals surface area contributed by atoms with Crippen LogP contribution in [0.15, 0.2) is 47.8 Å².